The SMILES string of the molecule is CC(C)(C)OC(=O)n1cccc1-c1ncccc1F. The molecule has 0 aliphatic rings. The van der Waals surface area contributed by atoms with E-state index in [0.29, 0.717) is 5.69 Å². The van der Waals surface area contributed by atoms with Gasteiger partial charge in [0.2, 0.25) is 0 Å². The monoisotopic (exact) mass is 262 g/mol. The van der Waals surface area contributed by atoms with Gasteiger partial charge in [-0.25, -0.2) is 9.18 Å². The Bertz CT molecular complexity index is 599. The summed E-state index contributed by atoms with van der Waals surface area (Å²) in [5.41, 5.74) is -0.118. The van der Waals surface area contributed by atoms with Crippen molar-refractivity contribution in [1.82, 2.24) is 9.55 Å². The molecule has 0 N–H and O–H groups in total. The Morgan fingerprint density at radius 1 is 1.32 bits per heavy atom. The van der Waals surface area contributed by atoms with Gasteiger partial charge in [-0.1, -0.05) is 0 Å². The van der Waals surface area contributed by atoms with E-state index in [1.54, 1.807) is 32.9 Å². The first-order chi connectivity index (χ1) is 8.88. The van der Waals surface area contributed by atoms with Gasteiger partial charge in [-0.15, -0.1) is 0 Å². The van der Waals surface area contributed by atoms with Crippen LogP contribution in [0.1, 0.15) is 20.8 Å². The molecule has 5 heteroatoms. The number of hydrogen-bond donors (Lipinski definition) is 0. The third kappa shape index (κ3) is 2.99. The van der Waals surface area contributed by atoms with Crippen LogP contribution in [0.4, 0.5) is 9.18 Å². The lowest BCUT2D eigenvalue weighted by atomic mass is 10.2. The molecule has 4 nitrogen and oxygen atoms in total. The van der Waals surface area contributed by atoms with Gasteiger partial charge in [0.05, 0.1) is 5.69 Å². The average molecular weight is 262 g/mol. The van der Waals surface area contributed by atoms with Crippen LogP contribution in [0.15, 0.2) is 36.7 Å². The van der Waals surface area contributed by atoms with Crippen LogP contribution in [0.3, 0.4) is 0 Å². The molecule has 2 aromatic rings. The molecule has 0 saturated heterocycles. The Kier molecular flexibility index (Phi) is 3.38. The minimum atomic E-state index is -0.610. The van der Waals surface area contributed by atoms with Gasteiger partial charge in [0.25, 0.3) is 0 Å². The highest BCUT2D eigenvalue weighted by Gasteiger charge is 2.21. The van der Waals surface area contributed by atoms with Crippen molar-refractivity contribution in [2.75, 3.05) is 0 Å². The third-order valence-electron chi connectivity index (χ3n) is 2.34. The highest BCUT2D eigenvalue weighted by Crippen LogP contribution is 2.22. The molecule has 0 amide bonds. The van der Waals surface area contributed by atoms with Crippen LogP contribution < -0.4 is 0 Å². The molecule has 0 fully saturated rings. The van der Waals surface area contributed by atoms with E-state index in [4.69, 9.17) is 4.74 Å². The predicted octanol–water partition coefficient (Wildman–Crippen LogP) is 3.47. The molecule has 19 heavy (non-hydrogen) atoms. The summed E-state index contributed by atoms with van der Waals surface area (Å²) >= 11 is 0. The number of hydrogen-bond acceptors (Lipinski definition) is 3. The lowest BCUT2D eigenvalue weighted by Crippen LogP contribution is -2.27. The first-order valence-electron chi connectivity index (χ1n) is 5.90. The number of pyridine rings is 1. The molecule has 0 saturated carbocycles. The van der Waals surface area contributed by atoms with E-state index in [1.165, 1.54) is 29.1 Å². The van der Waals surface area contributed by atoms with Crippen LogP contribution in [0.2, 0.25) is 0 Å². The van der Waals surface area contributed by atoms with E-state index in [1.807, 2.05) is 0 Å². The molecule has 0 unspecified atom stereocenters. The summed E-state index contributed by atoms with van der Waals surface area (Å²) in [5.74, 6) is -0.481. The van der Waals surface area contributed by atoms with Crippen molar-refractivity contribution in [1.29, 1.82) is 0 Å². The van der Waals surface area contributed by atoms with E-state index in [0.717, 1.165) is 0 Å². The second-order valence-electron chi connectivity index (χ2n) is 5.08. The first kappa shape index (κ1) is 13.3. The van der Waals surface area contributed by atoms with Gasteiger partial charge in [-0.2, -0.15) is 0 Å². The predicted molar refractivity (Wildman–Crippen MR) is 69.3 cm³/mol. The van der Waals surface area contributed by atoms with Crippen molar-refractivity contribution in [3.05, 3.63) is 42.5 Å². The number of carbonyl (C=O) groups is 1. The largest absolute Gasteiger partial charge is 0.443 e. The molecule has 2 aromatic heterocycles. The van der Waals surface area contributed by atoms with E-state index >= 15 is 0 Å². The Morgan fingerprint density at radius 2 is 2.05 bits per heavy atom. The van der Waals surface area contributed by atoms with E-state index in [-0.39, 0.29) is 5.69 Å². The van der Waals surface area contributed by atoms with Crippen molar-refractivity contribution in [3.63, 3.8) is 0 Å². The molecule has 0 aromatic carbocycles. The van der Waals surface area contributed by atoms with Gasteiger partial charge in [0.1, 0.15) is 11.3 Å². The molecular weight excluding hydrogens is 247 g/mol. The number of rotatable bonds is 1. The summed E-state index contributed by atoms with van der Waals surface area (Å²) in [5, 5.41) is 0. The molecule has 2 rings (SSSR count). The zero-order valence-electron chi connectivity index (χ0n) is 11.1. The van der Waals surface area contributed by atoms with Gasteiger partial charge in [0, 0.05) is 12.4 Å². The van der Waals surface area contributed by atoms with Gasteiger partial charge < -0.3 is 4.74 Å². The Hall–Kier alpha value is -2.17. The van der Waals surface area contributed by atoms with Crippen molar-refractivity contribution in [2.24, 2.45) is 0 Å². The normalized spacial score (nSPS) is 11.4. The molecule has 0 aliphatic carbocycles. The van der Waals surface area contributed by atoms with Crippen LogP contribution in [0.5, 0.6) is 0 Å². The maximum Gasteiger partial charge on any atom is 0.419 e. The van der Waals surface area contributed by atoms with E-state index in [2.05, 4.69) is 4.98 Å². The van der Waals surface area contributed by atoms with Gasteiger partial charge in [0.15, 0.2) is 5.82 Å². The summed E-state index contributed by atoms with van der Waals surface area (Å²) in [6, 6.07) is 6.07. The van der Waals surface area contributed by atoms with Crippen LogP contribution in [-0.2, 0) is 4.74 Å². The average Bonchev–Trinajstić information content (AvgIpc) is 2.76. The van der Waals surface area contributed by atoms with Crippen molar-refractivity contribution < 1.29 is 13.9 Å². The first-order valence-corrected chi connectivity index (χ1v) is 5.90. The number of nitrogens with zero attached hydrogens (tertiary/aromatic N) is 2. The van der Waals surface area contributed by atoms with E-state index < -0.39 is 17.5 Å². The van der Waals surface area contributed by atoms with Crippen molar-refractivity contribution in [2.45, 2.75) is 26.4 Å². The number of carbonyl (C=O) groups excluding carboxylic acids is 1. The smallest absolute Gasteiger partial charge is 0.419 e. The molecule has 2 heterocycles. The summed E-state index contributed by atoms with van der Waals surface area (Å²) in [4.78, 5) is 16.0. The maximum atomic E-state index is 13.7. The fraction of sp³-hybridized carbons (Fsp3) is 0.286. The molecule has 0 spiro atoms. The topological polar surface area (TPSA) is 44.1 Å². The van der Waals surface area contributed by atoms with E-state index in [9.17, 15) is 9.18 Å². The zero-order chi connectivity index (χ0) is 14.0. The van der Waals surface area contributed by atoms with Crippen LogP contribution >= 0.6 is 0 Å². The number of halogens is 1. The van der Waals surface area contributed by atoms with Crippen LogP contribution in [0, 0.1) is 5.82 Å². The van der Waals surface area contributed by atoms with Crippen LogP contribution in [0.25, 0.3) is 11.4 Å². The standard InChI is InChI=1S/C14H15FN2O2/c1-14(2,3)19-13(18)17-9-5-7-11(17)12-10(15)6-4-8-16-12/h4-9H,1-3H3. The Morgan fingerprint density at radius 3 is 2.68 bits per heavy atom. The Labute approximate surface area is 110 Å². The quantitative estimate of drug-likeness (QED) is 0.790. The minimum absolute atomic E-state index is 0.123. The molecule has 100 valence electrons. The lowest BCUT2D eigenvalue weighted by molar-refractivity contribution is 0.0540. The van der Waals surface area contributed by atoms with Gasteiger partial charge in [-0.3, -0.25) is 9.55 Å². The summed E-state index contributed by atoms with van der Waals surface area (Å²) in [6.45, 7) is 5.32. The second-order valence-corrected chi connectivity index (χ2v) is 5.08. The van der Waals surface area contributed by atoms with Gasteiger partial charge in [-0.05, 0) is 45.0 Å². The minimum Gasteiger partial charge on any atom is -0.443 e. The summed E-state index contributed by atoms with van der Waals surface area (Å²) in [7, 11) is 0. The maximum absolute atomic E-state index is 13.7. The highest BCUT2D eigenvalue weighted by atomic mass is 19.1. The Balaban J connectivity index is 2.39. The molecule has 0 radical (unpaired) electrons. The van der Waals surface area contributed by atoms with Crippen LogP contribution in [-0.4, -0.2) is 21.2 Å². The molecule has 0 aliphatic heterocycles. The third-order valence-corrected chi connectivity index (χ3v) is 2.34. The fourth-order valence-corrected chi connectivity index (χ4v) is 1.62. The molecular formula is C14H15FN2O2. The number of aromatic nitrogens is 2. The molecule has 0 atom stereocenters. The molecule has 0 bridgehead atoms. The second kappa shape index (κ2) is 4.84. The summed E-state index contributed by atoms with van der Waals surface area (Å²) < 4.78 is 20.2. The summed E-state index contributed by atoms with van der Waals surface area (Å²) in [6.07, 6.45) is 2.44. The number of ether oxygens (including phenoxy) is 1. The zero-order valence-corrected chi connectivity index (χ0v) is 11.1. The van der Waals surface area contributed by atoms with Crippen molar-refractivity contribution >= 4 is 6.09 Å². The highest BCUT2D eigenvalue weighted by molar-refractivity contribution is 5.77. The fourth-order valence-electron chi connectivity index (χ4n) is 1.62. The van der Waals surface area contributed by atoms with Gasteiger partial charge >= 0.3 is 6.09 Å². The lowest BCUT2D eigenvalue weighted by Gasteiger charge is -2.20. The van der Waals surface area contributed by atoms with Crippen molar-refractivity contribution in [3.8, 4) is 11.4 Å².